The molecule has 0 unspecified atom stereocenters. The molecule has 49 valence electrons. The van der Waals surface area contributed by atoms with E-state index in [2.05, 4.69) is 17.3 Å². The molecule has 0 saturated carbocycles. The summed E-state index contributed by atoms with van der Waals surface area (Å²) >= 11 is 0. The largest absolute Gasteiger partial charge is 0.583 e. The van der Waals surface area contributed by atoms with Gasteiger partial charge in [-0.2, -0.15) is 6.21 Å². The van der Waals surface area contributed by atoms with E-state index in [1.165, 1.54) is 0 Å². The smallest absolute Gasteiger partial charge is 0 e. The summed E-state index contributed by atoms with van der Waals surface area (Å²) in [6.07, 6.45) is 6.58. The molecule has 0 spiro atoms. The summed E-state index contributed by atoms with van der Waals surface area (Å²) in [5.74, 6) is 0. The van der Waals surface area contributed by atoms with E-state index in [1.54, 1.807) is 6.92 Å². The monoisotopic (exact) mass is 198 g/mol. The molecule has 0 N–H and O–H groups in total. The summed E-state index contributed by atoms with van der Waals surface area (Å²) in [5, 5.41) is 0. The van der Waals surface area contributed by atoms with E-state index in [-0.39, 0.29) is 32.7 Å². The van der Waals surface area contributed by atoms with Crippen LogP contribution in [0, 0.1) is 6.08 Å². The molecule has 2 heteroatoms. The number of aliphatic imine (C=N–C) groups is 1. The topological polar surface area (TPSA) is 12.4 Å². The van der Waals surface area contributed by atoms with Gasteiger partial charge < -0.3 is 16.8 Å². The first-order valence-corrected chi connectivity index (χ1v) is 2.76. The van der Waals surface area contributed by atoms with Gasteiger partial charge in [-0.05, 0) is 0 Å². The van der Waals surface area contributed by atoms with Gasteiger partial charge in [-0.3, -0.25) is 0 Å². The fourth-order valence-electron chi connectivity index (χ4n) is 0.447. The van der Waals surface area contributed by atoms with Crippen molar-refractivity contribution < 1.29 is 32.7 Å². The van der Waals surface area contributed by atoms with Gasteiger partial charge in [-0.1, -0.05) is 6.92 Å². The summed E-state index contributed by atoms with van der Waals surface area (Å²) in [4.78, 5) is 3.92. The molecule has 0 atom stereocenters. The molecule has 0 saturated heterocycles. The molecule has 0 aliphatic rings. The molecule has 0 aliphatic carbocycles. The summed E-state index contributed by atoms with van der Waals surface area (Å²) in [6, 6.07) is 0. The fourth-order valence-corrected chi connectivity index (χ4v) is 0.447. The maximum atomic E-state index is 3.92. The van der Waals surface area contributed by atoms with Gasteiger partial charge in [0.1, 0.15) is 0 Å². The third-order valence-corrected chi connectivity index (χ3v) is 0.870. The van der Waals surface area contributed by atoms with E-state index in [0.29, 0.717) is 0 Å². The van der Waals surface area contributed by atoms with Crippen LogP contribution in [0.4, 0.5) is 0 Å². The Kier molecular flexibility index (Phi) is 11.6. The van der Waals surface area contributed by atoms with E-state index >= 15 is 0 Å². The molecule has 0 heterocycles. The Hall–Kier alpha value is 0.514. The van der Waals surface area contributed by atoms with Gasteiger partial charge in [0.2, 0.25) is 0 Å². The molecule has 0 aromatic carbocycles. The standard InChI is InChI=1S/C7H11N.Y/c1-4-7(5-2)8-6-3;/h4H2,1-3H3;/q-2;. The zero-order chi connectivity index (χ0) is 6.41. The van der Waals surface area contributed by atoms with Crippen molar-refractivity contribution >= 4 is 6.21 Å². The average Bonchev–Trinajstić information content (AvgIpc) is 1.83. The van der Waals surface area contributed by atoms with Crippen LogP contribution in [0.2, 0.25) is 0 Å². The first kappa shape index (κ1) is 12.2. The maximum Gasteiger partial charge on any atom is 0 e. The predicted octanol–water partition coefficient (Wildman–Crippen LogP) is 2.07. The fraction of sp³-hybridized carbons (Fsp3) is 0.571. The predicted molar refractivity (Wildman–Crippen MR) is 35.8 cm³/mol. The average molecular weight is 198 g/mol. The van der Waals surface area contributed by atoms with Crippen molar-refractivity contribution in [2.75, 3.05) is 0 Å². The van der Waals surface area contributed by atoms with Crippen molar-refractivity contribution in [3.63, 3.8) is 0 Å². The van der Waals surface area contributed by atoms with Gasteiger partial charge >= 0.3 is 0 Å². The van der Waals surface area contributed by atoms with Gasteiger partial charge in [0.15, 0.2) is 0 Å². The molecular formula is C7H11NY-2. The van der Waals surface area contributed by atoms with Crippen LogP contribution >= 0.6 is 0 Å². The van der Waals surface area contributed by atoms with Crippen LogP contribution in [-0.4, -0.2) is 6.21 Å². The summed E-state index contributed by atoms with van der Waals surface area (Å²) in [6.45, 7) is 5.69. The number of rotatable bonds is 2. The molecule has 1 radical (unpaired) electrons. The van der Waals surface area contributed by atoms with Crippen LogP contribution in [0.5, 0.6) is 0 Å². The minimum absolute atomic E-state index is 0. The zero-order valence-corrected chi connectivity index (χ0v) is 9.07. The van der Waals surface area contributed by atoms with Crippen LogP contribution < -0.4 is 0 Å². The van der Waals surface area contributed by atoms with E-state index in [1.807, 2.05) is 13.8 Å². The molecule has 0 amide bonds. The molecule has 0 rings (SSSR count). The van der Waals surface area contributed by atoms with Crippen molar-refractivity contribution in [2.45, 2.75) is 27.2 Å². The first-order chi connectivity index (χ1) is 3.85. The minimum atomic E-state index is 0. The van der Waals surface area contributed by atoms with Crippen LogP contribution in [-0.2, 0) is 32.7 Å². The van der Waals surface area contributed by atoms with Crippen molar-refractivity contribution in [2.24, 2.45) is 4.99 Å². The SMILES string of the molecule is C[C-]=NC(=[C-]C)CC.[Y]. The molecular weight excluding hydrogens is 187 g/mol. The maximum absolute atomic E-state index is 3.92. The van der Waals surface area contributed by atoms with Crippen LogP contribution in [0.15, 0.2) is 10.7 Å². The first-order valence-electron chi connectivity index (χ1n) is 2.76. The normalized spacial score (nSPS) is 11.7. The third kappa shape index (κ3) is 6.40. The Labute approximate surface area is 82.5 Å². The van der Waals surface area contributed by atoms with Crippen LogP contribution in [0.25, 0.3) is 0 Å². The van der Waals surface area contributed by atoms with Crippen molar-refractivity contribution in [3.8, 4) is 0 Å². The molecule has 9 heavy (non-hydrogen) atoms. The summed E-state index contributed by atoms with van der Waals surface area (Å²) in [7, 11) is 0. The second-order valence-corrected chi connectivity index (χ2v) is 1.39. The molecule has 0 aliphatic heterocycles. The summed E-state index contributed by atoms with van der Waals surface area (Å²) in [5.41, 5.74) is 0.979. The molecule has 0 aromatic rings. The van der Waals surface area contributed by atoms with E-state index in [0.717, 1.165) is 12.1 Å². The van der Waals surface area contributed by atoms with Gasteiger partial charge in [0, 0.05) is 32.7 Å². The number of nitrogens with zero attached hydrogens (tertiary/aromatic N) is 1. The van der Waals surface area contributed by atoms with Crippen molar-refractivity contribution in [1.29, 1.82) is 0 Å². The Balaban J connectivity index is 0. The summed E-state index contributed by atoms with van der Waals surface area (Å²) < 4.78 is 0. The number of allylic oxidation sites excluding steroid dienone is 2. The number of hydrogen-bond acceptors (Lipinski definition) is 1. The Bertz CT molecular complexity index is 103. The van der Waals surface area contributed by atoms with Gasteiger partial charge in [0.05, 0.1) is 0 Å². The number of hydrogen-bond donors (Lipinski definition) is 0. The van der Waals surface area contributed by atoms with E-state index in [4.69, 9.17) is 0 Å². The van der Waals surface area contributed by atoms with E-state index in [9.17, 15) is 0 Å². The van der Waals surface area contributed by atoms with Crippen molar-refractivity contribution in [3.05, 3.63) is 11.8 Å². The second-order valence-electron chi connectivity index (χ2n) is 1.39. The molecule has 0 bridgehead atoms. The van der Waals surface area contributed by atoms with E-state index < -0.39 is 0 Å². The van der Waals surface area contributed by atoms with Gasteiger partial charge in [-0.15, -0.1) is 13.3 Å². The van der Waals surface area contributed by atoms with Crippen LogP contribution in [0.1, 0.15) is 27.2 Å². The van der Waals surface area contributed by atoms with Crippen molar-refractivity contribution in [1.82, 2.24) is 0 Å². The molecule has 0 fully saturated rings. The van der Waals surface area contributed by atoms with Gasteiger partial charge in [-0.25, -0.2) is 6.92 Å². The molecule has 0 aromatic heterocycles. The van der Waals surface area contributed by atoms with Gasteiger partial charge in [0.25, 0.3) is 0 Å². The Morgan fingerprint density at radius 1 is 1.44 bits per heavy atom. The quantitative estimate of drug-likeness (QED) is 0.475. The minimum Gasteiger partial charge on any atom is -0.583 e. The Morgan fingerprint density at radius 3 is 2.11 bits per heavy atom. The molecule has 1 nitrogen and oxygen atoms in total. The third-order valence-electron chi connectivity index (χ3n) is 0.870. The zero-order valence-electron chi connectivity index (χ0n) is 6.23. The second kappa shape index (κ2) is 8.51. The van der Waals surface area contributed by atoms with Crippen LogP contribution in [0.3, 0.4) is 0 Å². The Morgan fingerprint density at radius 2 is 2.00 bits per heavy atom.